The second kappa shape index (κ2) is 9.13. The van der Waals surface area contributed by atoms with Gasteiger partial charge in [0.2, 0.25) is 5.91 Å². The lowest BCUT2D eigenvalue weighted by atomic mass is 10.0. The highest BCUT2D eigenvalue weighted by molar-refractivity contribution is 5.82. The van der Waals surface area contributed by atoms with Crippen LogP contribution in [0.4, 0.5) is 0 Å². The van der Waals surface area contributed by atoms with Gasteiger partial charge >= 0.3 is 0 Å². The quantitative estimate of drug-likeness (QED) is 0.663. The third-order valence-electron chi connectivity index (χ3n) is 2.57. The number of allylic oxidation sites excluding steroid dienone is 1. The predicted octanol–water partition coefficient (Wildman–Crippen LogP) is 2.58. The number of rotatable bonds is 7. The molecule has 0 fully saturated rings. The summed E-state index contributed by atoms with van der Waals surface area (Å²) < 4.78 is 0. The fraction of sp³-hybridized carbons (Fsp3) is 0.692. The van der Waals surface area contributed by atoms with Gasteiger partial charge in [0.05, 0.1) is 0 Å². The zero-order valence-corrected chi connectivity index (χ0v) is 10.9. The largest absolute Gasteiger partial charge is 0.352 e. The molecule has 92 valence electrons. The summed E-state index contributed by atoms with van der Waals surface area (Å²) in [4.78, 5) is 15.6. The first kappa shape index (κ1) is 14.9. The van der Waals surface area contributed by atoms with Gasteiger partial charge in [0.25, 0.3) is 0 Å². The van der Waals surface area contributed by atoms with Gasteiger partial charge in [-0.1, -0.05) is 32.8 Å². The van der Waals surface area contributed by atoms with E-state index in [0.29, 0.717) is 6.54 Å². The van der Waals surface area contributed by atoms with Crippen LogP contribution < -0.4 is 5.32 Å². The molecule has 3 nitrogen and oxygen atoms in total. The number of aliphatic imine (C=N–C) groups is 1. The molecule has 0 aromatic rings. The highest BCUT2D eigenvalue weighted by Crippen LogP contribution is 2.07. The predicted molar refractivity (Wildman–Crippen MR) is 69.9 cm³/mol. The highest BCUT2D eigenvalue weighted by atomic mass is 16.1. The molecule has 0 unspecified atom stereocenters. The summed E-state index contributed by atoms with van der Waals surface area (Å²) in [5.41, 5.74) is 1.04. The van der Waals surface area contributed by atoms with Crippen molar-refractivity contribution in [3.8, 4) is 0 Å². The monoisotopic (exact) mass is 224 g/mol. The van der Waals surface area contributed by atoms with Crippen molar-refractivity contribution in [2.45, 2.75) is 40.0 Å². The molecule has 16 heavy (non-hydrogen) atoms. The Kier molecular flexibility index (Phi) is 8.49. The topological polar surface area (TPSA) is 41.5 Å². The minimum Gasteiger partial charge on any atom is -0.352 e. The molecule has 0 aliphatic rings. The molecule has 0 aliphatic heterocycles. The van der Waals surface area contributed by atoms with E-state index in [1.165, 1.54) is 0 Å². The van der Waals surface area contributed by atoms with Crippen molar-refractivity contribution >= 4 is 12.1 Å². The standard InChI is InChI=1S/C13H24N2O/c1-5-7-8-11(3)13(16)15-10-12(6-2)9-14-4/h6,9,11H,5,7-8,10H2,1-4H3,(H,15,16)/b12-6+,14-9?/t11-/m0/s1. The van der Waals surface area contributed by atoms with Gasteiger partial charge in [-0.15, -0.1) is 0 Å². The Labute approximate surface area is 99.0 Å². The fourth-order valence-electron chi connectivity index (χ4n) is 1.39. The van der Waals surface area contributed by atoms with Crippen LogP contribution in [0.5, 0.6) is 0 Å². The van der Waals surface area contributed by atoms with Crippen LogP contribution in [0.15, 0.2) is 16.6 Å². The third-order valence-corrected chi connectivity index (χ3v) is 2.57. The molecule has 3 heteroatoms. The Morgan fingerprint density at radius 2 is 2.19 bits per heavy atom. The van der Waals surface area contributed by atoms with Crippen LogP contribution in [0.2, 0.25) is 0 Å². The first-order valence-corrected chi connectivity index (χ1v) is 6.00. The van der Waals surface area contributed by atoms with E-state index in [1.807, 2.05) is 19.9 Å². The third kappa shape index (κ3) is 6.38. The molecule has 0 aromatic carbocycles. The molecular formula is C13H24N2O. The first-order chi connectivity index (χ1) is 7.65. The number of carbonyl (C=O) groups excluding carboxylic acids is 1. The minimum atomic E-state index is 0.108. The Morgan fingerprint density at radius 1 is 1.50 bits per heavy atom. The molecule has 1 amide bonds. The minimum absolute atomic E-state index is 0.108. The SMILES string of the molecule is C/C=C(\C=NC)CNC(=O)[C@@H](C)CCCC. The molecule has 0 heterocycles. The summed E-state index contributed by atoms with van der Waals surface area (Å²) >= 11 is 0. The van der Waals surface area contributed by atoms with Gasteiger partial charge in [0.1, 0.15) is 0 Å². The highest BCUT2D eigenvalue weighted by Gasteiger charge is 2.11. The summed E-state index contributed by atoms with van der Waals surface area (Å²) in [5.74, 6) is 0.244. The number of hydrogen-bond donors (Lipinski definition) is 1. The Bertz CT molecular complexity index is 257. The molecule has 0 spiro atoms. The maximum absolute atomic E-state index is 11.7. The van der Waals surface area contributed by atoms with Crippen LogP contribution in [0.25, 0.3) is 0 Å². The molecule has 0 saturated heterocycles. The van der Waals surface area contributed by atoms with Crippen LogP contribution in [0, 0.1) is 5.92 Å². The van der Waals surface area contributed by atoms with Crippen molar-refractivity contribution in [1.29, 1.82) is 0 Å². The van der Waals surface area contributed by atoms with Crippen LogP contribution in [0.1, 0.15) is 40.0 Å². The van der Waals surface area contributed by atoms with E-state index in [0.717, 1.165) is 24.8 Å². The average molecular weight is 224 g/mol. The van der Waals surface area contributed by atoms with Crippen molar-refractivity contribution in [3.63, 3.8) is 0 Å². The lowest BCUT2D eigenvalue weighted by molar-refractivity contribution is -0.124. The first-order valence-electron chi connectivity index (χ1n) is 6.00. The Morgan fingerprint density at radius 3 is 2.69 bits per heavy atom. The molecule has 1 atom stereocenters. The van der Waals surface area contributed by atoms with Crippen molar-refractivity contribution < 1.29 is 4.79 Å². The van der Waals surface area contributed by atoms with Crippen LogP contribution in [-0.2, 0) is 4.79 Å². The van der Waals surface area contributed by atoms with Crippen molar-refractivity contribution in [3.05, 3.63) is 11.6 Å². The lowest BCUT2D eigenvalue weighted by Gasteiger charge is -2.11. The van der Waals surface area contributed by atoms with E-state index in [-0.39, 0.29) is 11.8 Å². The maximum Gasteiger partial charge on any atom is 0.223 e. The van der Waals surface area contributed by atoms with Crippen LogP contribution in [-0.4, -0.2) is 25.7 Å². The number of amides is 1. The van der Waals surface area contributed by atoms with Crippen LogP contribution in [0.3, 0.4) is 0 Å². The normalized spacial score (nSPS) is 14.1. The summed E-state index contributed by atoms with van der Waals surface area (Å²) in [6, 6.07) is 0. The summed E-state index contributed by atoms with van der Waals surface area (Å²) in [6.07, 6.45) is 6.96. The number of carbonyl (C=O) groups is 1. The molecule has 0 radical (unpaired) electrons. The van der Waals surface area contributed by atoms with E-state index in [2.05, 4.69) is 17.2 Å². The number of nitrogens with one attached hydrogen (secondary N) is 1. The Hall–Kier alpha value is -1.12. The van der Waals surface area contributed by atoms with Gasteiger partial charge in [0, 0.05) is 25.7 Å². The van der Waals surface area contributed by atoms with Crippen LogP contribution >= 0.6 is 0 Å². The lowest BCUT2D eigenvalue weighted by Crippen LogP contribution is -2.31. The van der Waals surface area contributed by atoms with E-state index < -0.39 is 0 Å². The zero-order valence-electron chi connectivity index (χ0n) is 10.9. The summed E-state index contributed by atoms with van der Waals surface area (Å²) in [5, 5.41) is 2.93. The number of unbranched alkanes of at least 4 members (excludes halogenated alkanes) is 1. The zero-order chi connectivity index (χ0) is 12.4. The molecule has 0 bridgehead atoms. The summed E-state index contributed by atoms with van der Waals surface area (Å²) in [7, 11) is 1.73. The molecule has 1 N–H and O–H groups in total. The van der Waals surface area contributed by atoms with E-state index in [1.54, 1.807) is 13.3 Å². The van der Waals surface area contributed by atoms with Gasteiger partial charge < -0.3 is 5.32 Å². The molecule has 0 aliphatic carbocycles. The van der Waals surface area contributed by atoms with Crippen molar-refractivity contribution in [1.82, 2.24) is 5.32 Å². The second-order valence-electron chi connectivity index (χ2n) is 4.01. The number of hydrogen-bond acceptors (Lipinski definition) is 2. The van der Waals surface area contributed by atoms with Gasteiger partial charge in [-0.3, -0.25) is 9.79 Å². The second-order valence-corrected chi connectivity index (χ2v) is 4.01. The van der Waals surface area contributed by atoms with E-state index in [9.17, 15) is 4.79 Å². The molecule has 0 aromatic heterocycles. The maximum atomic E-state index is 11.7. The average Bonchev–Trinajstić information content (AvgIpc) is 2.30. The molecule has 0 saturated carbocycles. The molecular weight excluding hydrogens is 200 g/mol. The van der Waals surface area contributed by atoms with Gasteiger partial charge in [-0.05, 0) is 18.9 Å². The fourth-order valence-corrected chi connectivity index (χ4v) is 1.39. The van der Waals surface area contributed by atoms with Gasteiger partial charge in [-0.2, -0.15) is 0 Å². The van der Waals surface area contributed by atoms with E-state index in [4.69, 9.17) is 0 Å². The van der Waals surface area contributed by atoms with E-state index >= 15 is 0 Å². The summed E-state index contributed by atoms with van der Waals surface area (Å²) in [6.45, 7) is 6.64. The Balaban J connectivity index is 3.96. The molecule has 0 rings (SSSR count). The smallest absolute Gasteiger partial charge is 0.223 e. The van der Waals surface area contributed by atoms with Gasteiger partial charge in [-0.25, -0.2) is 0 Å². The number of nitrogens with zero attached hydrogens (tertiary/aromatic N) is 1. The van der Waals surface area contributed by atoms with Gasteiger partial charge in [0.15, 0.2) is 0 Å². The van der Waals surface area contributed by atoms with Crippen molar-refractivity contribution in [2.24, 2.45) is 10.9 Å². The van der Waals surface area contributed by atoms with Crippen molar-refractivity contribution in [2.75, 3.05) is 13.6 Å².